The number of hydrogen-bond acceptors (Lipinski definition) is 4. The van der Waals surface area contributed by atoms with Gasteiger partial charge < -0.3 is 14.8 Å². The second-order valence-corrected chi connectivity index (χ2v) is 8.25. The van der Waals surface area contributed by atoms with E-state index in [1.54, 1.807) is 30.6 Å². The van der Waals surface area contributed by atoms with Crippen molar-refractivity contribution >= 4 is 28.4 Å². The zero-order chi connectivity index (χ0) is 22.8. The predicted molar refractivity (Wildman–Crippen MR) is 123 cm³/mol. The molecule has 1 aliphatic heterocycles. The van der Waals surface area contributed by atoms with Gasteiger partial charge in [0.1, 0.15) is 11.6 Å². The molecule has 0 spiro atoms. The Kier molecular flexibility index (Phi) is 5.73. The van der Waals surface area contributed by atoms with E-state index in [2.05, 4.69) is 20.2 Å². The molecule has 1 N–H and O–H groups in total. The van der Waals surface area contributed by atoms with Crippen molar-refractivity contribution in [3.8, 4) is 0 Å². The molecule has 3 heterocycles. The highest BCUT2D eigenvalue weighted by Crippen LogP contribution is 2.24. The number of hydrogen-bond donors (Lipinski definition) is 1. The molecule has 2 aromatic carbocycles. The molecule has 6 nitrogen and oxygen atoms in total. The summed E-state index contributed by atoms with van der Waals surface area (Å²) in [6.07, 6.45) is 5.55. The van der Waals surface area contributed by atoms with Crippen LogP contribution in [0.5, 0.6) is 0 Å². The van der Waals surface area contributed by atoms with Gasteiger partial charge in [-0.05, 0) is 54.8 Å². The quantitative estimate of drug-likeness (QED) is 0.471. The first kappa shape index (κ1) is 21.1. The van der Waals surface area contributed by atoms with Crippen LogP contribution in [-0.4, -0.2) is 33.5 Å². The number of rotatable bonds is 6. The Morgan fingerprint density at radius 2 is 1.73 bits per heavy atom. The normalized spacial score (nSPS) is 13.6. The van der Waals surface area contributed by atoms with Crippen LogP contribution >= 0.6 is 0 Å². The summed E-state index contributed by atoms with van der Waals surface area (Å²) in [7, 11) is 0. The largest absolute Gasteiger partial charge is 0.341 e. The number of fused-ring (bicyclic) bond motifs is 1. The first-order valence-electron chi connectivity index (χ1n) is 10.9. The van der Waals surface area contributed by atoms with Gasteiger partial charge in [-0.15, -0.1) is 0 Å². The van der Waals surface area contributed by atoms with Crippen LogP contribution in [0.4, 0.5) is 20.4 Å². The number of nitrogens with one attached hydrogen (secondary N) is 1. The lowest BCUT2D eigenvalue weighted by atomic mass is 10.2. The second-order valence-electron chi connectivity index (χ2n) is 8.25. The minimum atomic E-state index is -0.350. The maximum Gasteiger partial charge on any atom is 0.230 e. The van der Waals surface area contributed by atoms with E-state index in [0.717, 1.165) is 37.0 Å². The highest BCUT2D eigenvalue weighted by molar-refractivity contribution is 5.93. The molecule has 33 heavy (non-hydrogen) atoms. The van der Waals surface area contributed by atoms with Crippen molar-refractivity contribution in [2.24, 2.45) is 0 Å². The van der Waals surface area contributed by atoms with E-state index in [1.807, 2.05) is 10.6 Å². The minimum Gasteiger partial charge on any atom is -0.341 e. The predicted octanol–water partition coefficient (Wildman–Crippen LogP) is 4.54. The zero-order valence-corrected chi connectivity index (χ0v) is 18.0. The summed E-state index contributed by atoms with van der Waals surface area (Å²) >= 11 is 0. The van der Waals surface area contributed by atoms with Crippen LogP contribution in [0.2, 0.25) is 0 Å². The Balaban J connectivity index is 1.36. The second kappa shape index (κ2) is 8.97. The molecule has 0 unspecified atom stereocenters. The first-order valence-corrected chi connectivity index (χ1v) is 10.9. The number of halogens is 2. The van der Waals surface area contributed by atoms with Gasteiger partial charge in [-0.3, -0.25) is 4.79 Å². The van der Waals surface area contributed by atoms with Gasteiger partial charge in [0.15, 0.2) is 0 Å². The fraction of sp³-hybridized carbons (Fsp3) is 0.240. The molecule has 0 radical (unpaired) electrons. The Morgan fingerprint density at radius 1 is 0.970 bits per heavy atom. The molecule has 1 amide bonds. The van der Waals surface area contributed by atoms with Crippen molar-refractivity contribution in [1.29, 1.82) is 0 Å². The molecule has 168 valence electrons. The fourth-order valence-electron chi connectivity index (χ4n) is 4.29. The molecule has 0 atom stereocenters. The number of carbonyl (C=O) groups excluding carboxylic acids is 1. The van der Waals surface area contributed by atoms with Crippen molar-refractivity contribution < 1.29 is 13.6 Å². The first-order chi connectivity index (χ1) is 16.0. The van der Waals surface area contributed by atoms with E-state index in [-0.39, 0.29) is 24.0 Å². The lowest BCUT2D eigenvalue weighted by Crippen LogP contribution is -2.21. The molecule has 1 aliphatic rings. The fourth-order valence-corrected chi connectivity index (χ4v) is 4.29. The van der Waals surface area contributed by atoms with E-state index >= 15 is 0 Å². The summed E-state index contributed by atoms with van der Waals surface area (Å²) in [5.41, 5.74) is 2.75. The van der Waals surface area contributed by atoms with E-state index < -0.39 is 0 Å². The zero-order valence-electron chi connectivity index (χ0n) is 18.0. The van der Waals surface area contributed by atoms with Gasteiger partial charge in [0.25, 0.3) is 0 Å². The van der Waals surface area contributed by atoms with Gasteiger partial charge in [0.2, 0.25) is 11.9 Å². The van der Waals surface area contributed by atoms with Gasteiger partial charge in [0.05, 0.1) is 24.5 Å². The molecule has 4 aromatic rings. The molecule has 2 aromatic heterocycles. The number of carbonyl (C=O) groups is 1. The van der Waals surface area contributed by atoms with E-state index in [9.17, 15) is 13.6 Å². The summed E-state index contributed by atoms with van der Waals surface area (Å²) in [4.78, 5) is 23.7. The van der Waals surface area contributed by atoms with Gasteiger partial charge in [-0.25, -0.2) is 18.7 Å². The van der Waals surface area contributed by atoms with Crippen LogP contribution in [0.15, 0.2) is 60.9 Å². The molecule has 0 aliphatic carbocycles. The maximum atomic E-state index is 13.8. The van der Waals surface area contributed by atoms with Crippen molar-refractivity contribution in [2.75, 3.05) is 23.3 Å². The maximum absolute atomic E-state index is 13.8. The van der Waals surface area contributed by atoms with Crippen LogP contribution < -0.4 is 10.2 Å². The van der Waals surface area contributed by atoms with E-state index in [1.165, 1.54) is 24.3 Å². The van der Waals surface area contributed by atoms with Crippen molar-refractivity contribution in [2.45, 2.75) is 25.8 Å². The van der Waals surface area contributed by atoms with Crippen molar-refractivity contribution in [3.05, 3.63) is 83.8 Å². The standard InChI is InChI=1S/C25H23F2N5O/c26-19-5-3-4-17(10-19)16-32-22(12-18-11-20(27)6-7-23(18)32)13-24(33)30-21-14-28-25(29-15-21)31-8-1-2-9-31/h3-7,10-12,14-15H,1-2,8-9,13,16H2,(H,30,33). The van der Waals surface area contributed by atoms with Crippen molar-refractivity contribution in [1.82, 2.24) is 14.5 Å². The third-order valence-corrected chi connectivity index (χ3v) is 5.83. The SMILES string of the molecule is O=C(Cc1cc2cc(F)ccc2n1Cc1cccc(F)c1)Nc1cnc(N2CCCC2)nc1. The Bertz CT molecular complexity index is 1300. The molecule has 8 heteroatoms. The molecule has 1 saturated heterocycles. The third-order valence-electron chi connectivity index (χ3n) is 5.83. The summed E-state index contributed by atoms with van der Waals surface area (Å²) in [6.45, 7) is 2.26. The Labute approximate surface area is 189 Å². The van der Waals surface area contributed by atoms with Gasteiger partial charge in [-0.2, -0.15) is 0 Å². The molecule has 0 saturated carbocycles. The number of nitrogens with zero attached hydrogens (tertiary/aromatic N) is 4. The molecule has 0 bridgehead atoms. The monoisotopic (exact) mass is 447 g/mol. The van der Waals surface area contributed by atoms with E-state index in [4.69, 9.17) is 0 Å². The topological polar surface area (TPSA) is 63.1 Å². The van der Waals surface area contributed by atoms with Gasteiger partial charge >= 0.3 is 0 Å². The third kappa shape index (κ3) is 4.69. The average Bonchev–Trinajstić information content (AvgIpc) is 3.43. The lowest BCUT2D eigenvalue weighted by Gasteiger charge is -2.15. The summed E-state index contributed by atoms with van der Waals surface area (Å²) in [5, 5.41) is 3.52. The van der Waals surface area contributed by atoms with Crippen molar-refractivity contribution in [3.63, 3.8) is 0 Å². The molecular weight excluding hydrogens is 424 g/mol. The van der Waals surface area contributed by atoms with Gasteiger partial charge in [0, 0.05) is 36.2 Å². The van der Waals surface area contributed by atoms with Crippen LogP contribution in [-0.2, 0) is 17.8 Å². The highest BCUT2D eigenvalue weighted by atomic mass is 19.1. The summed E-state index contributed by atoms with van der Waals surface area (Å²) in [6, 6.07) is 12.6. The Morgan fingerprint density at radius 3 is 2.48 bits per heavy atom. The Hall–Kier alpha value is -3.81. The molecule has 1 fully saturated rings. The minimum absolute atomic E-state index is 0.0689. The average molecular weight is 447 g/mol. The van der Waals surface area contributed by atoms with Crippen LogP contribution in [0.1, 0.15) is 24.1 Å². The van der Waals surface area contributed by atoms with Gasteiger partial charge in [-0.1, -0.05) is 12.1 Å². The molecular formula is C25H23F2N5O. The lowest BCUT2D eigenvalue weighted by molar-refractivity contribution is -0.115. The molecule has 5 rings (SSSR count). The number of aromatic nitrogens is 3. The van der Waals surface area contributed by atoms with Crippen LogP contribution in [0, 0.1) is 11.6 Å². The highest BCUT2D eigenvalue weighted by Gasteiger charge is 2.16. The summed E-state index contributed by atoms with van der Waals surface area (Å²) < 4.78 is 29.4. The van der Waals surface area contributed by atoms with Crippen LogP contribution in [0.25, 0.3) is 10.9 Å². The summed E-state index contributed by atoms with van der Waals surface area (Å²) in [5.74, 6) is -0.248. The number of amides is 1. The van der Waals surface area contributed by atoms with Crippen LogP contribution in [0.3, 0.4) is 0 Å². The number of anilines is 2. The smallest absolute Gasteiger partial charge is 0.230 e. The van der Waals surface area contributed by atoms with E-state index in [0.29, 0.717) is 29.3 Å². The number of benzene rings is 2.